The van der Waals surface area contributed by atoms with E-state index in [1.54, 1.807) is 0 Å². The molecule has 0 atom stereocenters. The summed E-state index contributed by atoms with van der Waals surface area (Å²) in [6, 6.07) is -0.322. The summed E-state index contributed by atoms with van der Waals surface area (Å²) in [5.74, 6) is -0.0517. The summed E-state index contributed by atoms with van der Waals surface area (Å²) in [6.07, 6.45) is 2.30. The zero-order valence-corrected chi connectivity index (χ0v) is 9.07. The minimum Gasteiger partial charge on any atom is -0.343 e. The molecular formula is C10H15N3O3. The minimum atomic E-state index is -0.322. The number of imide groups is 1. The molecule has 2 fully saturated rings. The first-order chi connectivity index (χ1) is 7.66. The summed E-state index contributed by atoms with van der Waals surface area (Å²) in [5.41, 5.74) is 0. The van der Waals surface area contributed by atoms with Gasteiger partial charge in [0.15, 0.2) is 0 Å². The number of rotatable bonds is 4. The molecule has 0 saturated carbocycles. The van der Waals surface area contributed by atoms with Crippen LogP contribution in [0.25, 0.3) is 0 Å². The predicted octanol–water partition coefficient (Wildman–Crippen LogP) is -0.449. The molecule has 1 N–H and O–H groups in total. The van der Waals surface area contributed by atoms with Crippen LogP contribution in [0.5, 0.6) is 0 Å². The number of amides is 4. The lowest BCUT2D eigenvalue weighted by molar-refractivity contribution is -0.127. The van der Waals surface area contributed by atoms with Gasteiger partial charge in [-0.3, -0.25) is 14.9 Å². The standard InChI is InChI=1S/C10H15N3O3/c14-8-7-13(10(16)11-8)6-2-5-12-4-1-3-9(12)15/h1-7H2,(H,11,14,16). The first-order valence-corrected chi connectivity index (χ1v) is 5.53. The monoisotopic (exact) mass is 225 g/mol. The van der Waals surface area contributed by atoms with Crippen LogP contribution in [0.15, 0.2) is 0 Å². The number of carbonyl (C=O) groups is 3. The first kappa shape index (κ1) is 10.9. The van der Waals surface area contributed by atoms with Gasteiger partial charge in [-0.2, -0.15) is 0 Å². The zero-order chi connectivity index (χ0) is 11.5. The second-order valence-corrected chi connectivity index (χ2v) is 4.11. The van der Waals surface area contributed by atoms with Crippen molar-refractivity contribution in [2.24, 2.45) is 0 Å². The average Bonchev–Trinajstić information content (AvgIpc) is 2.75. The van der Waals surface area contributed by atoms with E-state index in [0.29, 0.717) is 19.5 Å². The molecule has 2 rings (SSSR count). The Balaban J connectivity index is 1.70. The molecule has 0 aromatic heterocycles. The molecule has 0 radical (unpaired) electrons. The fourth-order valence-corrected chi connectivity index (χ4v) is 2.06. The molecule has 0 aromatic rings. The van der Waals surface area contributed by atoms with Gasteiger partial charge in [0.05, 0.1) is 0 Å². The topological polar surface area (TPSA) is 69.7 Å². The molecule has 6 heteroatoms. The van der Waals surface area contributed by atoms with E-state index < -0.39 is 0 Å². The van der Waals surface area contributed by atoms with Crippen molar-refractivity contribution in [3.63, 3.8) is 0 Å². The first-order valence-electron chi connectivity index (χ1n) is 5.53. The molecule has 0 unspecified atom stereocenters. The van der Waals surface area contributed by atoms with Crippen molar-refractivity contribution in [1.29, 1.82) is 0 Å². The number of urea groups is 1. The molecule has 0 spiro atoms. The Kier molecular flexibility index (Phi) is 3.07. The maximum Gasteiger partial charge on any atom is 0.324 e. The van der Waals surface area contributed by atoms with Crippen molar-refractivity contribution < 1.29 is 14.4 Å². The fraction of sp³-hybridized carbons (Fsp3) is 0.700. The van der Waals surface area contributed by atoms with Gasteiger partial charge in [0.1, 0.15) is 6.54 Å². The summed E-state index contributed by atoms with van der Waals surface area (Å²) in [5, 5.41) is 2.22. The maximum atomic E-state index is 11.3. The van der Waals surface area contributed by atoms with Crippen molar-refractivity contribution >= 4 is 17.8 Å². The van der Waals surface area contributed by atoms with Crippen LogP contribution in [-0.4, -0.2) is 53.8 Å². The van der Waals surface area contributed by atoms with E-state index in [1.165, 1.54) is 4.90 Å². The third-order valence-electron chi connectivity index (χ3n) is 2.90. The summed E-state index contributed by atoms with van der Waals surface area (Å²) < 4.78 is 0. The van der Waals surface area contributed by atoms with E-state index in [0.717, 1.165) is 19.4 Å². The van der Waals surface area contributed by atoms with Crippen LogP contribution in [0, 0.1) is 0 Å². The van der Waals surface area contributed by atoms with Gasteiger partial charge in [0.2, 0.25) is 11.8 Å². The Morgan fingerprint density at radius 2 is 1.88 bits per heavy atom. The Hall–Kier alpha value is -1.59. The van der Waals surface area contributed by atoms with Crippen LogP contribution >= 0.6 is 0 Å². The number of nitrogens with one attached hydrogen (secondary N) is 1. The van der Waals surface area contributed by atoms with Gasteiger partial charge in [-0.15, -0.1) is 0 Å². The highest BCUT2D eigenvalue weighted by Crippen LogP contribution is 2.10. The van der Waals surface area contributed by atoms with Crippen molar-refractivity contribution in [3.8, 4) is 0 Å². The molecule has 16 heavy (non-hydrogen) atoms. The van der Waals surface area contributed by atoms with E-state index >= 15 is 0 Å². The van der Waals surface area contributed by atoms with Gasteiger partial charge in [0.25, 0.3) is 0 Å². The lowest BCUT2D eigenvalue weighted by Gasteiger charge is -2.18. The van der Waals surface area contributed by atoms with Gasteiger partial charge in [-0.1, -0.05) is 0 Å². The van der Waals surface area contributed by atoms with E-state index in [2.05, 4.69) is 5.32 Å². The van der Waals surface area contributed by atoms with Crippen molar-refractivity contribution in [1.82, 2.24) is 15.1 Å². The van der Waals surface area contributed by atoms with Crippen LogP contribution in [0.4, 0.5) is 4.79 Å². The number of hydrogen-bond acceptors (Lipinski definition) is 3. The maximum absolute atomic E-state index is 11.3. The van der Waals surface area contributed by atoms with E-state index in [-0.39, 0.29) is 24.4 Å². The molecule has 4 amide bonds. The van der Waals surface area contributed by atoms with Gasteiger partial charge in [-0.25, -0.2) is 4.79 Å². The number of nitrogens with zero attached hydrogens (tertiary/aromatic N) is 2. The van der Waals surface area contributed by atoms with E-state index in [9.17, 15) is 14.4 Å². The van der Waals surface area contributed by atoms with Gasteiger partial charge < -0.3 is 9.80 Å². The molecule has 2 aliphatic rings. The Morgan fingerprint density at radius 3 is 2.44 bits per heavy atom. The molecule has 88 valence electrons. The highest BCUT2D eigenvalue weighted by molar-refractivity contribution is 6.01. The Morgan fingerprint density at radius 1 is 1.12 bits per heavy atom. The Bertz CT molecular complexity index is 329. The molecule has 2 aliphatic heterocycles. The van der Waals surface area contributed by atoms with Crippen LogP contribution in [0.2, 0.25) is 0 Å². The minimum absolute atomic E-state index is 0.146. The van der Waals surface area contributed by atoms with Crippen LogP contribution in [-0.2, 0) is 9.59 Å². The molecule has 0 aliphatic carbocycles. The molecule has 2 heterocycles. The average molecular weight is 225 g/mol. The largest absolute Gasteiger partial charge is 0.343 e. The van der Waals surface area contributed by atoms with E-state index in [1.807, 2.05) is 4.90 Å². The van der Waals surface area contributed by atoms with Gasteiger partial charge in [0, 0.05) is 26.1 Å². The quantitative estimate of drug-likeness (QED) is 0.659. The van der Waals surface area contributed by atoms with Crippen LogP contribution < -0.4 is 5.32 Å². The zero-order valence-electron chi connectivity index (χ0n) is 9.07. The van der Waals surface area contributed by atoms with Crippen LogP contribution in [0.3, 0.4) is 0 Å². The molecule has 0 bridgehead atoms. The molecular weight excluding hydrogens is 210 g/mol. The third kappa shape index (κ3) is 2.32. The van der Waals surface area contributed by atoms with Gasteiger partial charge >= 0.3 is 6.03 Å². The second kappa shape index (κ2) is 4.51. The smallest absolute Gasteiger partial charge is 0.324 e. The summed E-state index contributed by atoms with van der Waals surface area (Å²) in [4.78, 5) is 36.7. The third-order valence-corrected chi connectivity index (χ3v) is 2.90. The van der Waals surface area contributed by atoms with Crippen molar-refractivity contribution in [3.05, 3.63) is 0 Å². The van der Waals surface area contributed by atoms with Crippen molar-refractivity contribution in [2.45, 2.75) is 19.3 Å². The highest BCUT2D eigenvalue weighted by atomic mass is 16.2. The highest BCUT2D eigenvalue weighted by Gasteiger charge is 2.26. The van der Waals surface area contributed by atoms with Crippen molar-refractivity contribution in [2.75, 3.05) is 26.2 Å². The number of hydrogen-bond donors (Lipinski definition) is 1. The number of carbonyl (C=O) groups excluding carboxylic acids is 3. The fourth-order valence-electron chi connectivity index (χ4n) is 2.06. The Labute approximate surface area is 93.6 Å². The lowest BCUT2D eigenvalue weighted by Crippen LogP contribution is -2.32. The SMILES string of the molecule is O=C1CN(CCCN2CCCC2=O)C(=O)N1. The van der Waals surface area contributed by atoms with Gasteiger partial charge in [-0.05, 0) is 12.8 Å². The van der Waals surface area contributed by atoms with E-state index in [4.69, 9.17) is 0 Å². The second-order valence-electron chi connectivity index (χ2n) is 4.11. The van der Waals surface area contributed by atoms with Crippen LogP contribution in [0.1, 0.15) is 19.3 Å². The number of likely N-dealkylation sites (tertiary alicyclic amines) is 1. The normalized spacial score (nSPS) is 20.9. The summed E-state index contributed by atoms with van der Waals surface area (Å²) >= 11 is 0. The summed E-state index contributed by atoms with van der Waals surface area (Å²) in [7, 11) is 0. The summed E-state index contributed by atoms with van der Waals surface area (Å²) in [6.45, 7) is 2.18. The lowest BCUT2D eigenvalue weighted by atomic mass is 10.3. The molecule has 6 nitrogen and oxygen atoms in total. The molecule has 0 aromatic carbocycles. The predicted molar refractivity (Wildman–Crippen MR) is 55.5 cm³/mol. The molecule has 2 saturated heterocycles.